The van der Waals surface area contributed by atoms with Gasteiger partial charge in [0.05, 0.1) is 23.4 Å². The molecule has 0 N–H and O–H groups in total. The van der Waals surface area contributed by atoms with E-state index in [1.807, 2.05) is 6.92 Å². The van der Waals surface area contributed by atoms with Crippen molar-refractivity contribution in [2.24, 2.45) is 5.41 Å². The quantitative estimate of drug-likeness (QED) is 0.711. The predicted molar refractivity (Wildman–Crippen MR) is 89.8 cm³/mol. The number of nitrogens with zero attached hydrogens (tertiary/aromatic N) is 2. The molecule has 0 amide bonds. The molecule has 2 aromatic rings. The summed E-state index contributed by atoms with van der Waals surface area (Å²) in [5, 5.41) is 0.202. The van der Waals surface area contributed by atoms with E-state index < -0.39 is 24.2 Å². The van der Waals surface area contributed by atoms with Crippen LogP contribution in [0.5, 0.6) is 0 Å². The Labute approximate surface area is 149 Å². The first-order valence-corrected chi connectivity index (χ1v) is 8.80. The van der Waals surface area contributed by atoms with Gasteiger partial charge in [-0.05, 0) is 30.7 Å². The zero-order valence-electron chi connectivity index (χ0n) is 14.2. The largest absolute Gasteiger partial charge is 0.522 e. The van der Waals surface area contributed by atoms with E-state index in [4.69, 9.17) is 0 Å². The highest BCUT2D eigenvalue weighted by Gasteiger charge is 2.39. The molecule has 10 heteroatoms. The van der Waals surface area contributed by atoms with Crippen LogP contribution in [-0.2, 0) is 17.8 Å². The van der Waals surface area contributed by atoms with Gasteiger partial charge >= 0.3 is 12.1 Å². The molecule has 0 atom stereocenters. The highest BCUT2D eigenvalue weighted by molar-refractivity contribution is 7.20. The molecule has 142 valence electrons. The normalized spacial score (nSPS) is 16.2. The van der Waals surface area contributed by atoms with Crippen molar-refractivity contribution < 1.29 is 22.7 Å². The number of carbonyl (C=O) groups excluding carboxylic acids is 1. The Morgan fingerprint density at radius 3 is 2.46 bits per heavy atom. The van der Waals surface area contributed by atoms with Crippen LogP contribution in [0.25, 0.3) is 10.2 Å². The number of halogens is 3. The Morgan fingerprint density at radius 1 is 1.27 bits per heavy atom. The van der Waals surface area contributed by atoms with E-state index in [2.05, 4.69) is 4.74 Å². The number of aromatic nitrogens is 2. The number of aryl methyl sites for hydroxylation is 1. The van der Waals surface area contributed by atoms with Crippen LogP contribution in [0.1, 0.15) is 35.0 Å². The van der Waals surface area contributed by atoms with E-state index in [1.165, 1.54) is 0 Å². The molecule has 1 aliphatic carbocycles. The molecular formula is C16H17F3N2O4S. The summed E-state index contributed by atoms with van der Waals surface area (Å²) in [7, 11) is 0. The van der Waals surface area contributed by atoms with Crippen LogP contribution >= 0.6 is 11.3 Å². The van der Waals surface area contributed by atoms with E-state index in [1.54, 1.807) is 6.92 Å². The fourth-order valence-corrected chi connectivity index (χ4v) is 4.00. The second kappa shape index (κ2) is 6.34. The fourth-order valence-electron chi connectivity index (χ4n) is 2.87. The molecule has 0 aliphatic heterocycles. The van der Waals surface area contributed by atoms with E-state index in [0.717, 1.165) is 33.3 Å². The van der Waals surface area contributed by atoms with Crippen LogP contribution in [0.3, 0.4) is 0 Å². The monoisotopic (exact) mass is 390 g/mol. The zero-order valence-corrected chi connectivity index (χ0v) is 15.0. The Hall–Kier alpha value is -1.94. The first-order chi connectivity index (χ1) is 12.1. The summed E-state index contributed by atoms with van der Waals surface area (Å²) in [6.07, 6.45) is -2.49. The third kappa shape index (κ3) is 3.48. The first-order valence-electron chi connectivity index (χ1n) is 7.99. The van der Waals surface area contributed by atoms with E-state index in [-0.39, 0.29) is 33.6 Å². The van der Waals surface area contributed by atoms with Gasteiger partial charge in [-0.25, -0.2) is 4.79 Å². The summed E-state index contributed by atoms with van der Waals surface area (Å²) >= 11 is 0.924. The van der Waals surface area contributed by atoms with Crippen LogP contribution in [0.2, 0.25) is 0 Å². The van der Waals surface area contributed by atoms with E-state index in [9.17, 15) is 27.6 Å². The van der Waals surface area contributed by atoms with Crippen molar-refractivity contribution in [3.63, 3.8) is 0 Å². The summed E-state index contributed by atoms with van der Waals surface area (Å²) in [6, 6.07) is 0. The van der Waals surface area contributed by atoms with Crippen molar-refractivity contribution >= 4 is 27.8 Å². The molecule has 1 aliphatic rings. The van der Waals surface area contributed by atoms with Gasteiger partial charge in [-0.15, -0.1) is 24.5 Å². The van der Waals surface area contributed by atoms with Crippen molar-refractivity contribution in [1.29, 1.82) is 0 Å². The van der Waals surface area contributed by atoms with Gasteiger partial charge in [-0.1, -0.05) is 6.92 Å². The number of ether oxygens (including phenoxy) is 1. The number of carbonyl (C=O) groups is 1. The predicted octanol–water partition coefficient (Wildman–Crippen LogP) is 2.68. The molecule has 1 fully saturated rings. The summed E-state index contributed by atoms with van der Waals surface area (Å²) < 4.78 is 42.7. The maximum Gasteiger partial charge on any atom is 0.522 e. The van der Waals surface area contributed by atoms with Crippen molar-refractivity contribution in [3.8, 4) is 0 Å². The van der Waals surface area contributed by atoms with Gasteiger partial charge in [-0.2, -0.15) is 0 Å². The van der Waals surface area contributed by atoms with Crippen molar-refractivity contribution in [1.82, 2.24) is 9.13 Å². The third-order valence-corrected chi connectivity index (χ3v) is 5.90. The highest BCUT2D eigenvalue weighted by Crippen LogP contribution is 2.46. The molecule has 0 unspecified atom stereocenters. The van der Waals surface area contributed by atoms with Gasteiger partial charge in [0.2, 0.25) is 0 Å². The van der Waals surface area contributed by atoms with E-state index in [0.29, 0.717) is 11.8 Å². The first kappa shape index (κ1) is 18.8. The lowest BCUT2D eigenvalue weighted by Gasteiger charge is -2.15. The molecule has 0 bridgehead atoms. The lowest BCUT2D eigenvalue weighted by molar-refractivity contribution is -0.325. The van der Waals surface area contributed by atoms with Crippen LogP contribution < -0.4 is 11.2 Å². The Bertz CT molecular complexity index is 983. The van der Waals surface area contributed by atoms with Crippen LogP contribution in [0.4, 0.5) is 13.2 Å². The molecule has 2 aromatic heterocycles. The highest BCUT2D eigenvalue weighted by atomic mass is 32.1. The minimum absolute atomic E-state index is 0.158. The van der Waals surface area contributed by atoms with Crippen molar-refractivity contribution in [2.75, 3.05) is 6.61 Å². The van der Waals surface area contributed by atoms with Gasteiger partial charge < -0.3 is 0 Å². The molecular weight excluding hydrogens is 373 g/mol. The maximum absolute atomic E-state index is 12.8. The summed E-state index contributed by atoms with van der Waals surface area (Å²) in [5.74, 6) is 0. The minimum Gasteiger partial charge on any atom is -0.297 e. The second-order valence-electron chi connectivity index (χ2n) is 6.82. The van der Waals surface area contributed by atoms with Gasteiger partial charge in [0.25, 0.3) is 5.56 Å². The molecule has 0 spiro atoms. The molecule has 6 nitrogen and oxygen atoms in total. The number of hydrogen-bond donors (Lipinski definition) is 0. The number of fused-ring (bicyclic) bond motifs is 1. The van der Waals surface area contributed by atoms with Gasteiger partial charge in [0, 0.05) is 6.54 Å². The number of aldehydes is 1. The van der Waals surface area contributed by atoms with E-state index >= 15 is 0 Å². The Balaban J connectivity index is 2.15. The van der Waals surface area contributed by atoms with Crippen LogP contribution in [-0.4, -0.2) is 28.4 Å². The number of alkyl halides is 3. The minimum atomic E-state index is -4.81. The summed E-state index contributed by atoms with van der Waals surface area (Å²) in [6.45, 7) is 2.60. The summed E-state index contributed by atoms with van der Waals surface area (Å²) in [5.41, 5.74) is -0.910. The van der Waals surface area contributed by atoms with Crippen LogP contribution in [0, 0.1) is 12.3 Å². The van der Waals surface area contributed by atoms with Crippen molar-refractivity contribution in [2.45, 2.75) is 46.1 Å². The smallest absolute Gasteiger partial charge is 0.297 e. The van der Waals surface area contributed by atoms with Gasteiger partial charge in [0.15, 0.2) is 6.29 Å². The van der Waals surface area contributed by atoms with Crippen LogP contribution in [0.15, 0.2) is 9.59 Å². The lowest BCUT2D eigenvalue weighted by Crippen LogP contribution is -2.42. The molecule has 3 rings (SSSR count). The lowest BCUT2D eigenvalue weighted by atomic mass is 10.1. The fraction of sp³-hybridized carbons (Fsp3) is 0.562. The molecule has 0 saturated heterocycles. The number of hydrogen-bond acceptors (Lipinski definition) is 5. The summed E-state index contributed by atoms with van der Waals surface area (Å²) in [4.78, 5) is 37.3. The standard InChI is InChI=1S/C16H17F3N2O4S/c1-9-10(7-22)26-13-11(9)12(23)21(8-15(2)3-4-15)14(24)20(13)5-6-25-16(17,18)19/h7H,3-6,8H2,1-2H3. The zero-order chi connectivity index (χ0) is 19.3. The second-order valence-corrected chi connectivity index (χ2v) is 7.85. The SMILES string of the molecule is Cc1c(C=O)sc2c1c(=O)n(CC1(C)CC1)c(=O)n2CCOC(F)(F)F. The molecule has 0 aromatic carbocycles. The van der Waals surface area contributed by atoms with Gasteiger partial charge in [-0.3, -0.25) is 23.5 Å². The molecule has 0 radical (unpaired) electrons. The maximum atomic E-state index is 12.8. The van der Waals surface area contributed by atoms with Crippen molar-refractivity contribution in [3.05, 3.63) is 31.3 Å². The average molecular weight is 390 g/mol. The Kier molecular flexibility index (Phi) is 4.60. The number of rotatable bonds is 6. The molecule has 26 heavy (non-hydrogen) atoms. The average Bonchev–Trinajstić information content (AvgIpc) is 3.18. The third-order valence-electron chi connectivity index (χ3n) is 4.66. The Morgan fingerprint density at radius 2 is 1.92 bits per heavy atom. The topological polar surface area (TPSA) is 70.3 Å². The molecule has 1 saturated carbocycles. The molecule has 2 heterocycles. The van der Waals surface area contributed by atoms with Gasteiger partial charge in [0.1, 0.15) is 4.83 Å². The number of thiophene rings is 1.